The monoisotopic (exact) mass is 212 g/mol. The topological polar surface area (TPSA) is 9.23 Å². The van der Waals surface area contributed by atoms with Gasteiger partial charge in [-0.25, -0.2) is 0 Å². The van der Waals surface area contributed by atoms with Crippen molar-refractivity contribution < 1.29 is 4.74 Å². The summed E-state index contributed by atoms with van der Waals surface area (Å²) in [5, 5.41) is 0. The minimum Gasteiger partial charge on any atom is -0.384 e. The van der Waals surface area contributed by atoms with Crippen LogP contribution in [-0.4, -0.2) is 13.7 Å². The summed E-state index contributed by atoms with van der Waals surface area (Å²) in [6, 6.07) is 19.1. The molecule has 0 N–H and O–H groups in total. The Morgan fingerprint density at radius 3 is 2.06 bits per heavy atom. The van der Waals surface area contributed by atoms with E-state index in [1.54, 1.807) is 7.11 Å². The maximum absolute atomic E-state index is 5.06. The summed E-state index contributed by atoms with van der Waals surface area (Å²) in [4.78, 5) is 0. The van der Waals surface area contributed by atoms with E-state index >= 15 is 0 Å². The molecule has 1 nitrogen and oxygen atoms in total. The highest BCUT2D eigenvalue weighted by Gasteiger charge is 1.97. The zero-order chi connectivity index (χ0) is 11.2. The lowest BCUT2D eigenvalue weighted by Crippen LogP contribution is -1.93. The van der Waals surface area contributed by atoms with Gasteiger partial charge in [-0.1, -0.05) is 54.6 Å². The van der Waals surface area contributed by atoms with Crippen molar-refractivity contribution in [3.8, 4) is 11.1 Å². The van der Waals surface area contributed by atoms with E-state index in [2.05, 4.69) is 48.5 Å². The highest BCUT2D eigenvalue weighted by Crippen LogP contribution is 2.19. The van der Waals surface area contributed by atoms with E-state index in [0.29, 0.717) is 0 Å². The molecule has 0 unspecified atom stereocenters. The molecule has 16 heavy (non-hydrogen) atoms. The van der Waals surface area contributed by atoms with Crippen molar-refractivity contribution in [1.82, 2.24) is 0 Å². The van der Waals surface area contributed by atoms with E-state index in [9.17, 15) is 0 Å². The van der Waals surface area contributed by atoms with E-state index in [1.807, 2.05) is 6.07 Å². The molecule has 0 saturated heterocycles. The first-order valence-corrected chi connectivity index (χ1v) is 5.53. The van der Waals surface area contributed by atoms with Crippen LogP contribution in [0.15, 0.2) is 54.6 Å². The highest BCUT2D eigenvalue weighted by molar-refractivity contribution is 5.63. The molecule has 0 aliphatic heterocycles. The Balaban J connectivity index is 2.13. The molecule has 0 saturated carbocycles. The number of rotatable bonds is 4. The fourth-order valence-corrected chi connectivity index (χ4v) is 1.71. The summed E-state index contributed by atoms with van der Waals surface area (Å²) in [6.45, 7) is 0.782. The van der Waals surface area contributed by atoms with E-state index in [0.717, 1.165) is 13.0 Å². The van der Waals surface area contributed by atoms with E-state index < -0.39 is 0 Å². The van der Waals surface area contributed by atoms with Gasteiger partial charge in [-0.3, -0.25) is 0 Å². The average molecular weight is 212 g/mol. The van der Waals surface area contributed by atoms with Gasteiger partial charge in [0, 0.05) is 7.11 Å². The van der Waals surface area contributed by atoms with Crippen LogP contribution in [0.3, 0.4) is 0 Å². The van der Waals surface area contributed by atoms with Gasteiger partial charge in [-0.15, -0.1) is 0 Å². The van der Waals surface area contributed by atoms with E-state index in [1.165, 1.54) is 16.7 Å². The summed E-state index contributed by atoms with van der Waals surface area (Å²) in [7, 11) is 1.73. The van der Waals surface area contributed by atoms with Gasteiger partial charge in [0.15, 0.2) is 0 Å². The zero-order valence-electron chi connectivity index (χ0n) is 9.52. The molecule has 0 aliphatic carbocycles. The first-order valence-electron chi connectivity index (χ1n) is 5.53. The third kappa shape index (κ3) is 2.71. The van der Waals surface area contributed by atoms with Crippen molar-refractivity contribution >= 4 is 0 Å². The number of benzene rings is 2. The van der Waals surface area contributed by atoms with Gasteiger partial charge in [0.1, 0.15) is 0 Å². The smallest absolute Gasteiger partial charge is 0.0502 e. The second kappa shape index (κ2) is 5.47. The van der Waals surface area contributed by atoms with Gasteiger partial charge in [-0.2, -0.15) is 0 Å². The molecule has 0 bridgehead atoms. The second-order valence-corrected chi connectivity index (χ2v) is 3.81. The standard InChI is InChI=1S/C15H16O/c1-16-12-11-13-7-9-15(10-8-13)14-5-3-2-4-6-14/h2-10H,11-12H2,1H3. The molecule has 0 radical (unpaired) electrons. The Morgan fingerprint density at radius 2 is 1.44 bits per heavy atom. The van der Waals surface area contributed by atoms with Crippen LogP contribution in [0, 0.1) is 0 Å². The van der Waals surface area contributed by atoms with Crippen LogP contribution in [0.25, 0.3) is 11.1 Å². The number of hydrogen-bond donors (Lipinski definition) is 0. The maximum atomic E-state index is 5.06. The van der Waals surface area contributed by atoms with Crippen LogP contribution in [0.1, 0.15) is 5.56 Å². The minimum atomic E-state index is 0.782. The van der Waals surface area contributed by atoms with Crippen LogP contribution in [0.4, 0.5) is 0 Å². The molecule has 0 aromatic heterocycles. The van der Waals surface area contributed by atoms with Gasteiger partial charge >= 0.3 is 0 Å². The van der Waals surface area contributed by atoms with Gasteiger partial charge < -0.3 is 4.74 Å². The molecule has 2 aromatic carbocycles. The van der Waals surface area contributed by atoms with Crippen molar-refractivity contribution in [2.45, 2.75) is 6.42 Å². The SMILES string of the molecule is COCCc1ccc(-c2ccccc2)cc1. The highest BCUT2D eigenvalue weighted by atomic mass is 16.5. The van der Waals surface area contributed by atoms with Crippen molar-refractivity contribution in [2.75, 3.05) is 13.7 Å². The Kier molecular flexibility index (Phi) is 3.73. The lowest BCUT2D eigenvalue weighted by molar-refractivity contribution is 0.202. The maximum Gasteiger partial charge on any atom is 0.0502 e. The fourth-order valence-electron chi connectivity index (χ4n) is 1.71. The quantitative estimate of drug-likeness (QED) is 0.753. The Labute approximate surface area is 96.7 Å². The minimum absolute atomic E-state index is 0.782. The van der Waals surface area contributed by atoms with Gasteiger partial charge in [0.2, 0.25) is 0 Å². The van der Waals surface area contributed by atoms with Crippen molar-refractivity contribution in [3.05, 3.63) is 60.2 Å². The second-order valence-electron chi connectivity index (χ2n) is 3.81. The van der Waals surface area contributed by atoms with Crippen molar-refractivity contribution in [2.24, 2.45) is 0 Å². The molecule has 0 heterocycles. The number of methoxy groups -OCH3 is 1. The van der Waals surface area contributed by atoms with E-state index in [4.69, 9.17) is 4.74 Å². The zero-order valence-corrected chi connectivity index (χ0v) is 9.52. The summed E-state index contributed by atoms with van der Waals surface area (Å²) in [6.07, 6.45) is 0.978. The Hall–Kier alpha value is -1.60. The summed E-state index contributed by atoms with van der Waals surface area (Å²) >= 11 is 0. The van der Waals surface area contributed by atoms with Gasteiger partial charge in [0.05, 0.1) is 6.61 Å². The Morgan fingerprint density at radius 1 is 0.812 bits per heavy atom. The molecule has 1 heteroatoms. The van der Waals surface area contributed by atoms with Gasteiger partial charge in [0.25, 0.3) is 0 Å². The molecule has 0 fully saturated rings. The fraction of sp³-hybridized carbons (Fsp3) is 0.200. The van der Waals surface area contributed by atoms with Crippen LogP contribution in [0.5, 0.6) is 0 Å². The Bertz CT molecular complexity index is 417. The molecule has 82 valence electrons. The summed E-state index contributed by atoms with van der Waals surface area (Å²) in [5.41, 5.74) is 3.85. The summed E-state index contributed by atoms with van der Waals surface area (Å²) < 4.78 is 5.06. The van der Waals surface area contributed by atoms with E-state index in [-0.39, 0.29) is 0 Å². The van der Waals surface area contributed by atoms with Crippen LogP contribution >= 0.6 is 0 Å². The number of ether oxygens (including phenoxy) is 1. The predicted octanol–water partition coefficient (Wildman–Crippen LogP) is 3.54. The molecule has 0 amide bonds. The molecule has 0 spiro atoms. The normalized spacial score (nSPS) is 10.3. The molecule has 2 aromatic rings. The third-order valence-corrected chi connectivity index (χ3v) is 2.66. The first kappa shape index (κ1) is 10.9. The van der Waals surface area contributed by atoms with Crippen LogP contribution in [0.2, 0.25) is 0 Å². The molecular formula is C15H16O. The molecule has 2 rings (SSSR count). The van der Waals surface area contributed by atoms with Crippen LogP contribution < -0.4 is 0 Å². The molecule has 0 aliphatic rings. The van der Waals surface area contributed by atoms with Crippen LogP contribution in [-0.2, 0) is 11.2 Å². The molecular weight excluding hydrogens is 196 g/mol. The average Bonchev–Trinajstić information content (AvgIpc) is 2.38. The van der Waals surface area contributed by atoms with Gasteiger partial charge in [-0.05, 0) is 23.1 Å². The lowest BCUT2D eigenvalue weighted by atomic mass is 10.0. The van der Waals surface area contributed by atoms with Crippen molar-refractivity contribution in [1.29, 1.82) is 0 Å². The largest absolute Gasteiger partial charge is 0.384 e. The number of hydrogen-bond acceptors (Lipinski definition) is 1. The molecule has 0 atom stereocenters. The predicted molar refractivity (Wildman–Crippen MR) is 67.5 cm³/mol. The van der Waals surface area contributed by atoms with Crippen molar-refractivity contribution in [3.63, 3.8) is 0 Å². The lowest BCUT2D eigenvalue weighted by Gasteiger charge is -2.04. The first-order chi connectivity index (χ1) is 7.90. The third-order valence-electron chi connectivity index (χ3n) is 2.66. The summed E-state index contributed by atoms with van der Waals surface area (Å²) in [5.74, 6) is 0.